The summed E-state index contributed by atoms with van der Waals surface area (Å²) in [4.78, 5) is 33.5. The van der Waals surface area contributed by atoms with Crippen LogP contribution in [0, 0.1) is 28.6 Å². The zero-order valence-electron chi connectivity index (χ0n) is 24.1. The van der Waals surface area contributed by atoms with E-state index in [0.29, 0.717) is 47.4 Å². The molecule has 0 saturated heterocycles. The van der Waals surface area contributed by atoms with Gasteiger partial charge in [0, 0.05) is 31.1 Å². The highest BCUT2D eigenvalue weighted by Crippen LogP contribution is 2.64. The van der Waals surface area contributed by atoms with Crippen LogP contribution in [0.2, 0.25) is 0 Å². The molecular formula is C28H45NO9S. The summed E-state index contributed by atoms with van der Waals surface area (Å²) in [5.41, 5.74) is 1.25. The number of carbonyl (C=O) groups excluding carboxylic acids is 3. The van der Waals surface area contributed by atoms with Crippen LogP contribution in [0.25, 0.3) is 0 Å². The number of rotatable bonds is 7. The van der Waals surface area contributed by atoms with Crippen molar-refractivity contribution in [1.29, 1.82) is 0 Å². The van der Waals surface area contributed by atoms with Gasteiger partial charge in [-0.3, -0.25) is 14.1 Å². The van der Waals surface area contributed by atoms with Gasteiger partial charge in [-0.25, -0.2) is 4.18 Å². The van der Waals surface area contributed by atoms with Crippen LogP contribution in [0.4, 0.5) is 0 Å². The molecule has 3 fully saturated rings. The van der Waals surface area contributed by atoms with Crippen molar-refractivity contribution in [3.63, 3.8) is 0 Å². The number of hydrogen-bond donors (Lipinski definition) is 1. The number of nitrogens with zero attached hydrogens (tertiary/aromatic N) is 1. The molecule has 4 aliphatic rings. The fourth-order valence-corrected chi connectivity index (χ4v) is 8.34. The lowest BCUT2D eigenvalue weighted by Crippen LogP contribution is -2.50. The molecule has 0 bridgehead atoms. The van der Waals surface area contributed by atoms with E-state index in [0.717, 1.165) is 38.5 Å². The van der Waals surface area contributed by atoms with Crippen molar-refractivity contribution >= 4 is 28.1 Å². The quantitative estimate of drug-likeness (QED) is 0.211. The number of carboxylic acids is 1. The minimum Gasteiger partial charge on any atom is -0.550 e. The van der Waals surface area contributed by atoms with E-state index in [1.807, 2.05) is 21.1 Å². The first-order chi connectivity index (χ1) is 17.8. The van der Waals surface area contributed by atoms with Crippen molar-refractivity contribution in [2.24, 2.45) is 28.6 Å². The van der Waals surface area contributed by atoms with Crippen LogP contribution in [0.3, 0.4) is 0 Å². The standard InChI is InChI=1S/C19H28O5S.C9H17NO4/c1-18-9-7-13(24-25(21,22)23)11-12(18)3-4-14-15-5-6-17(20)19(15,2)10-8-16(14)18;1-7(11)14-8(5-9(12)13)6-10(2,3)4/h3,13-16H,4-11H2,1-2H3,(H,21,22,23);8H,5-6H2,1-4H3/t13-,14-,15-,16-,18-,19-;8-/m01/s1. The van der Waals surface area contributed by atoms with E-state index in [1.165, 1.54) is 12.5 Å². The molecule has 222 valence electrons. The average molecular weight is 572 g/mol. The molecular weight excluding hydrogens is 526 g/mol. The zero-order valence-corrected chi connectivity index (χ0v) is 24.9. The first kappa shape index (κ1) is 31.7. The molecule has 0 amide bonds. The Morgan fingerprint density at radius 2 is 1.74 bits per heavy atom. The van der Waals surface area contributed by atoms with Gasteiger partial charge in [0.25, 0.3) is 0 Å². The second kappa shape index (κ2) is 11.6. The largest absolute Gasteiger partial charge is 0.550 e. The Bertz CT molecular complexity index is 1080. The zero-order chi connectivity index (χ0) is 29.4. The molecule has 0 aromatic carbocycles. The highest BCUT2D eigenvalue weighted by atomic mass is 32.3. The molecule has 10 nitrogen and oxygen atoms in total. The number of ketones is 1. The van der Waals surface area contributed by atoms with Crippen molar-refractivity contribution in [1.82, 2.24) is 0 Å². The molecule has 0 heterocycles. The van der Waals surface area contributed by atoms with Crippen LogP contribution >= 0.6 is 0 Å². The second-order valence-corrected chi connectivity index (χ2v) is 14.4. The molecule has 0 unspecified atom stereocenters. The van der Waals surface area contributed by atoms with Crippen LogP contribution in [0.1, 0.15) is 78.6 Å². The predicted molar refractivity (Wildman–Crippen MR) is 141 cm³/mol. The number of allylic oxidation sites excluding steroid dienone is 1. The van der Waals surface area contributed by atoms with Crippen molar-refractivity contribution in [3.8, 4) is 0 Å². The molecule has 3 saturated carbocycles. The SMILES string of the molecule is CC(=O)O[C@H](CC(=O)[O-])C[N+](C)(C)C.C[C@]12CC[C@H](OS(=O)(=O)O)CC1=CC[C@@H]1[C@@H]2CC[C@]2(C)C(=O)CC[C@@H]12. The molecule has 4 aliphatic carbocycles. The van der Waals surface area contributed by atoms with E-state index >= 15 is 0 Å². The van der Waals surface area contributed by atoms with Crippen LogP contribution in [0.15, 0.2) is 11.6 Å². The fraction of sp³-hybridized carbons (Fsp3) is 0.821. The maximum absolute atomic E-state index is 12.4. The number of ether oxygens (including phenoxy) is 1. The Hall–Kier alpha value is -1.82. The third-order valence-corrected chi connectivity index (χ3v) is 10.0. The second-order valence-electron chi connectivity index (χ2n) is 13.3. The van der Waals surface area contributed by atoms with Gasteiger partial charge in [0.1, 0.15) is 12.3 Å². The summed E-state index contributed by atoms with van der Waals surface area (Å²) < 4.78 is 41.3. The van der Waals surface area contributed by atoms with Gasteiger partial charge < -0.3 is 19.1 Å². The summed E-state index contributed by atoms with van der Waals surface area (Å²) in [5, 5.41) is 10.4. The van der Waals surface area contributed by atoms with Gasteiger partial charge >= 0.3 is 16.4 Å². The molecule has 0 radical (unpaired) electrons. The number of fused-ring (bicyclic) bond motifs is 5. The topological polar surface area (TPSA) is 147 Å². The minimum absolute atomic E-state index is 0.0783. The van der Waals surface area contributed by atoms with Gasteiger partial charge in [0.15, 0.2) is 6.10 Å². The minimum atomic E-state index is -4.40. The lowest BCUT2D eigenvalue weighted by molar-refractivity contribution is -0.873. The van der Waals surface area contributed by atoms with E-state index in [9.17, 15) is 27.9 Å². The first-order valence-corrected chi connectivity index (χ1v) is 15.3. The Kier molecular flexibility index (Phi) is 9.41. The molecule has 0 spiro atoms. The van der Waals surface area contributed by atoms with Crippen LogP contribution in [-0.2, 0) is 33.7 Å². The van der Waals surface area contributed by atoms with E-state index < -0.39 is 34.5 Å². The predicted octanol–water partition coefficient (Wildman–Crippen LogP) is 2.47. The normalized spacial score (nSPS) is 34.8. The number of Topliss-reactive ketones (excluding diaryl/α,β-unsaturated/α-hetero) is 1. The van der Waals surface area contributed by atoms with Crippen LogP contribution in [0.5, 0.6) is 0 Å². The Balaban J connectivity index is 0.000000258. The maximum Gasteiger partial charge on any atom is 0.397 e. The fourth-order valence-electron chi connectivity index (χ4n) is 7.83. The Morgan fingerprint density at radius 3 is 2.31 bits per heavy atom. The molecule has 1 N–H and O–H groups in total. The van der Waals surface area contributed by atoms with Gasteiger partial charge in [-0.1, -0.05) is 25.5 Å². The summed E-state index contributed by atoms with van der Waals surface area (Å²) in [6, 6.07) is 0. The van der Waals surface area contributed by atoms with Crippen molar-refractivity contribution in [2.75, 3.05) is 27.7 Å². The number of hydrogen-bond acceptors (Lipinski definition) is 8. The Morgan fingerprint density at radius 1 is 1.13 bits per heavy atom. The number of carboxylic acid groups (broad SMARTS) is 1. The highest BCUT2D eigenvalue weighted by molar-refractivity contribution is 7.80. The van der Waals surface area contributed by atoms with Crippen LogP contribution in [-0.4, -0.2) is 75.1 Å². The van der Waals surface area contributed by atoms with Crippen molar-refractivity contribution < 1.29 is 45.9 Å². The van der Waals surface area contributed by atoms with Crippen molar-refractivity contribution in [3.05, 3.63) is 11.6 Å². The lowest BCUT2D eigenvalue weighted by atomic mass is 9.48. The van der Waals surface area contributed by atoms with Gasteiger partial charge in [0.2, 0.25) is 0 Å². The molecule has 0 aromatic heterocycles. The first-order valence-electron chi connectivity index (χ1n) is 13.9. The lowest BCUT2D eigenvalue weighted by Gasteiger charge is -2.56. The van der Waals surface area contributed by atoms with E-state index in [-0.39, 0.29) is 17.3 Å². The van der Waals surface area contributed by atoms with Gasteiger partial charge in [-0.2, -0.15) is 8.42 Å². The highest BCUT2D eigenvalue weighted by Gasteiger charge is 2.58. The van der Waals surface area contributed by atoms with Crippen LogP contribution < -0.4 is 5.11 Å². The summed E-state index contributed by atoms with van der Waals surface area (Å²) >= 11 is 0. The maximum atomic E-state index is 12.4. The number of esters is 1. The molecule has 0 aromatic rings. The van der Waals surface area contributed by atoms with E-state index in [2.05, 4.69) is 19.9 Å². The van der Waals surface area contributed by atoms with Crippen molar-refractivity contribution in [2.45, 2.75) is 90.8 Å². The number of likely N-dealkylation sites (N-methyl/N-ethyl adjacent to an activating group) is 1. The summed E-state index contributed by atoms with van der Waals surface area (Å²) in [7, 11) is 1.29. The Labute approximate surface area is 232 Å². The molecule has 4 rings (SSSR count). The third kappa shape index (κ3) is 7.68. The smallest absolute Gasteiger partial charge is 0.397 e. The molecule has 0 aliphatic heterocycles. The van der Waals surface area contributed by atoms with E-state index in [4.69, 9.17) is 13.5 Å². The molecule has 11 heteroatoms. The third-order valence-electron chi connectivity index (χ3n) is 9.50. The average Bonchev–Trinajstić information content (AvgIpc) is 3.06. The molecule has 39 heavy (non-hydrogen) atoms. The summed E-state index contributed by atoms with van der Waals surface area (Å²) in [6.07, 6.45) is 7.92. The summed E-state index contributed by atoms with van der Waals surface area (Å²) in [5.74, 6) is 0.428. The monoisotopic (exact) mass is 571 g/mol. The number of carbonyl (C=O) groups is 3. The van der Waals surface area contributed by atoms with Gasteiger partial charge in [-0.15, -0.1) is 0 Å². The van der Waals surface area contributed by atoms with Gasteiger partial charge in [0.05, 0.1) is 27.2 Å². The summed E-state index contributed by atoms with van der Waals surface area (Å²) in [6.45, 7) is 6.21. The number of quaternary nitrogens is 1. The van der Waals surface area contributed by atoms with Gasteiger partial charge in [-0.05, 0) is 68.1 Å². The number of aliphatic carboxylic acids is 1. The van der Waals surface area contributed by atoms with E-state index in [1.54, 1.807) is 0 Å². The molecule has 7 atom stereocenters.